The van der Waals surface area contributed by atoms with Gasteiger partial charge in [-0.2, -0.15) is 0 Å². The van der Waals surface area contributed by atoms with Crippen molar-refractivity contribution >= 4 is 11.9 Å². The number of unbranched alkanes of at least 4 members (excludes halogenated alkanes) is 48. The summed E-state index contributed by atoms with van der Waals surface area (Å²) < 4.78 is 10.8. The van der Waals surface area contributed by atoms with Crippen molar-refractivity contribution in [3.63, 3.8) is 0 Å². The predicted octanol–water partition coefficient (Wildman–Crippen LogP) is 22.6. The minimum Gasteiger partial charge on any atom is -0.462 e. The lowest BCUT2D eigenvalue weighted by Gasteiger charge is -2.15. The minimum atomic E-state index is -0.770. The van der Waals surface area contributed by atoms with E-state index in [-0.39, 0.29) is 25.2 Å². The largest absolute Gasteiger partial charge is 0.462 e. The third kappa shape index (κ3) is 62.6. The summed E-state index contributed by atoms with van der Waals surface area (Å²) in [6.07, 6.45) is 84.5. The minimum absolute atomic E-state index is 0.0597. The van der Waals surface area contributed by atoms with Crippen molar-refractivity contribution in [2.45, 2.75) is 373 Å². The van der Waals surface area contributed by atoms with Crippen LogP contribution in [0.3, 0.4) is 0 Å². The van der Waals surface area contributed by atoms with Crippen LogP contribution in [-0.2, 0) is 19.1 Å². The van der Waals surface area contributed by atoms with Crippen LogP contribution in [0, 0.1) is 0 Å². The van der Waals surface area contributed by atoms with E-state index in [1.165, 1.54) is 295 Å². The van der Waals surface area contributed by atoms with E-state index in [1.807, 2.05) is 0 Å². The fourth-order valence-electron chi connectivity index (χ4n) is 10.2. The first kappa shape index (κ1) is 71.1. The number of esters is 2. The van der Waals surface area contributed by atoms with Crippen molar-refractivity contribution in [3.8, 4) is 0 Å². The Kier molecular flexibility index (Phi) is 62.7. The quantitative estimate of drug-likeness (QED) is 0.0373. The molecule has 0 amide bonds. The number of carbonyl (C=O) groups is 2. The molecule has 0 spiro atoms. The van der Waals surface area contributed by atoms with E-state index in [1.54, 1.807) is 0 Å². The van der Waals surface area contributed by atoms with Gasteiger partial charge in [-0.05, 0) is 51.4 Å². The lowest BCUT2D eigenvalue weighted by Crippen LogP contribution is -2.28. The van der Waals surface area contributed by atoms with Gasteiger partial charge in [-0.3, -0.25) is 9.59 Å². The molecule has 0 rings (SSSR count). The summed E-state index contributed by atoms with van der Waals surface area (Å²) in [7, 11) is 0. The van der Waals surface area contributed by atoms with E-state index in [9.17, 15) is 14.7 Å². The Balaban J connectivity index is 3.41. The predicted molar refractivity (Wildman–Crippen MR) is 321 cm³/mol. The highest BCUT2D eigenvalue weighted by molar-refractivity contribution is 5.70. The van der Waals surface area contributed by atoms with Gasteiger partial charge in [0.2, 0.25) is 0 Å². The second kappa shape index (κ2) is 64.4. The number of hydrogen-bond acceptors (Lipinski definition) is 5. The topological polar surface area (TPSA) is 72.8 Å². The average molecular weight is 1030 g/mol. The smallest absolute Gasteiger partial charge is 0.306 e. The second-order valence-corrected chi connectivity index (χ2v) is 22.6. The standard InChI is InChI=1S/C68H128O5/c1-3-5-7-9-11-13-15-17-19-21-23-25-27-29-31-33-34-35-37-39-41-43-45-47-49-51-53-55-57-59-61-63-68(71)73-66(64-69)65-72-67(70)62-60-58-56-54-52-50-48-46-44-42-40-38-36-32-30-28-26-24-22-20-18-16-14-12-10-8-6-4-2/h15,17,21,23,27,29,66,69H,3-14,16,18-20,22,24-26,28,30-65H2,1-2H3/b17-15-,23-21-,29-27-. The summed E-state index contributed by atoms with van der Waals surface area (Å²) in [5.74, 6) is -0.568. The number of ether oxygens (including phenoxy) is 2. The molecule has 0 saturated carbocycles. The molecule has 0 aromatic carbocycles. The van der Waals surface area contributed by atoms with Gasteiger partial charge in [0.25, 0.3) is 0 Å². The first-order valence-electron chi connectivity index (χ1n) is 33.0. The molecule has 0 aliphatic heterocycles. The number of allylic oxidation sites excluding steroid dienone is 6. The third-order valence-electron chi connectivity index (χ3n) is 15.2. The van der Waals surface area contributed by atoms with Crippen LogP contribution < -0.4 is 0 Å². The summed E-state index contributed by atoms with van der Waals surface area (Å²) in [4.78, 5) is 24.6. The lowest BCUT2D eigenvalue weighted by molar-refractivity contribution is -0.161. The molecule has 5 heteroatoms. The number of carbonyl (C=O) groups excluding carboxylic acids is 2. The molecule has 0 heterocycles. The molecule has 0 aliphatic rings. The Hall–Kier alpha value is -1.88. The van der Waals surface area contributed by atoms with Gasteiger partial charge >= 0.3 is 11.9 Å². The highest BCUT2D eigenvalue weighted by Crippen LogP contribution is 2.18. The van der Waals surface area contributed by atoms with Crippen molar-refractivity contribution in [2.75, 3.05) is 13.2 Å². The maximum Gasteiger partial charge on any atom is 0.306 e. The molecular formula is C68H128O5. The van der Waals surface area contributed by atoms with Gasteiger partial charge in [-0.15, -0.1) is 0 Å². The molecule has 430 valence electrons. The molecule has 0 saturated heterocycles. The molecule has 0 fully saturated rings. The van der Waals surface area contributed by atoms with E-state index in [2.05, 4.69) is 50.3 Å². The normalized spacial score (nSPS) is 12.3. The summed E-state index contributed by atoms with van der Waals surface area (Å²) in [5.41, 5.74) is 0. The maximum atomic E-state index is 12.3. The SMILES string of the molecule is CCCCCCC/C=C\C/C=C\C/C=C\CCCCCCCCCCCCCCCCCCC(=O)OC(CO)COC(=O)CCCCCCCCCCCCCCCCCCCCCCCCCCCCCC. The van der Waals surface area contributed by atoms with Crippen LogP contribution in [-0.4, -0.2) is 36.4 Å². The molecule has 1 atom stereocenters. The van der Waals surface area contributed by atoms with Crippen LogP contribution >= 0.6 is 0 Å². The van der Waals surface area contributed by atoms with E-state index < -0.39 is 6.10 Å². The van der Waals surface area contributed by atoms with Gasteiger partial charge in [0.1, 0.15) is 6.61 Å². The van der Waals surface area contributed by atoms with E-state index >= 15 is 0 Å². The second-order valence-electron chi connectivity index (χ2n) is 22.6. The molecule has 0 aromatic rings. The van der Waals surface area contributed by atoms with Gasteiger partial charge in [0, 0.05) is 12.8 Å². The van der Waals surface area contributed by atoms with Crippen molar-refractivity contribution in [1.29, 1.82) is 0 Å². The van der Waals surface area contributed by atoms with Crippen molar-refractivity contribution in [2.24, 2.45) is 0 Å². The Morgan fingerprint density at radius 2 is 0.548 bits per heavy atom. The Morgan fingerprint density at radius 3 is 0.822 bits per heavy atom. The molecule has 1 N–H and O–H groups in total. The molecule has 1 unspecified atom stereocenters. The number of rotatable bonds is 62. The van der Waals surface area contributed by atoms with Crippen LogP contribution in [0.1, 0.15) is 367 Å². The molecule has 5 nitrogen and oxygen atoms in total. The highest BCUT2D eigenvalue weighted by Gasteiger charge is 2.16. The Bertz CT molecular complexity index is 1160. The van der Waals surface area contributed by atoms with Gasteiger partial charge in [-0.25, -0.2) is 0 Å². The van der Waals surface area contributed by atoms with Crippen molar-refractivity contribution < 1.29 is 24.2 Å². The summed E-state index contributed by atoms with van der Waals surface area (Å²) >= 11 is 0. The highest BCUT2D eigenvalue weighted by atomic mass is 16.6. The number of aliphatic hydroxyl groups excluding tert-OH is 1. The zero-order valence-corrected chi connectivity index (χ0v) is 49.4. The average Bonchev–Trinajstić information content (AvgIpc) is 3.39. The number of hydrogen-bond donors (Lipinski definition) is 1. The first-order chi connectivity index (χ1) is 36.1. The summed E-state index contributed by atoms with van der Waals surface area (Å²) in [6.45, 7) is 4.19. The van der Waals surface area contributed by atoms with Crippen LogP contribution in [0.15, 0.2) is 36.5 Å². The van der Waals surface area contributed by atoms with Crippen LogP contribution in [0.25, 0.3) is 0 Å². The van der Waals surface area contributed by atoms with Crippen LogP contribution in [0.2, 0.25) is 0 Å². The first-order valence-corrected chi connectivity index (χ1v) is 33.0. The van der Waals surface area contributed by atoms with E-state index in [0.717, 1.165) is 44.9 Å². The lowest BCUT2D eigenvalue weighted by atomic mass is 10.0. The fourth-order valence-corrected chi connectivity index (χ4v) is 10.2. The number of aliphatic hydroxyl groups is 1. The van der Waals surface area contributed by atoms with Crippen LogP contribution in [0.5, 0.6) is 0 Å². The summed E-state index contributed by atoms with van der Waals surface area (Å²) in [6, 6.07) is 0. The van der Waals surface area contributed by atoms with E-state index in [0.29, 0.717) is 12.8 Å². The van der Waals surface area contributed by atoms with Crippen molar-refractivity contribution in [3.05, 3.63) is 36.5 Å². The Morgan fingerprint density at radius 1 is 0.315 bits per heavy atom. The molecule has 0 radical (unpaired) electrons. The molecule has 0 aromatic heterocycles. The molecule has 0 aliphatic carbocycles. The third-order valence-corrected chi connectivity index (χ3v) is 15.2. The molecule has 73 heavy (non-hydrogen) atoms. The van der Waals surface area contributed by atoms with Gasteiger partial charge in [0.15, 0.2) is 6.10 Å². The van der Waals surface area contributed by atoms with Gasteiger partial charge in [-0.1, -0.05) is 339 Å². The van der Waals surface area contributed by atoms with Gasteiger partial charge < -0.3 is 14.6 Å². The van der Waals surface area contributed by atoms with Gasteiger partial charge in [0.05, 0.1) is 6.61 Å². The van der Waals surface area contributed by atoms with Crippen molar-refractivity contribution in [1.82, 2.24) is 0 Å². The zero-order valence-electron chi connectivity index (χ0n) is 49.4. The zero-order chi connectivity index (χ0) is 52.7. The molecule has 0 bridgehead atoms. The Labute approximate surface area is 456 Å². The van der Waals surface area contributed by atoms with Crippen LogP contribution in [0.4, 0.5) is 0 Å². The summed E-state index contributed by atoms with van der Waals surface area (Å²) in [5, 5.41) is 9.69. The monoisotopic (exact) mass is 1020 g/mol. The molecular weight excluding hydrogens is 897 g/mol. The fraction of sp³-hybridized carbons (Fsp3) is 0.882. The maximum absolute atomic E-state index is 12.3. The van der Waals surface area contributed by atoms with E-state index in [4.69, 9.17) is 9.47 Å².